The number of benzene rings is 1. The van der Waals surface area contributed by atoms with Crippen LogP contribution in [0.5, 0.6) is 0 Å². The predicted octanol–water partition coefficient (Wildman–Crippen LogP) is 1.55. The molecule has 0 spiro atoms. The summed E-state index contributed by atoms with van der Waals surface area (Å²) in [5.41, 5.74) is 1.44. The average molecular weight is 149 g/mol. The monoisotopic (exact) mass is 149 g/mol. The van der Waals surface area contributed by atoms with E-state index in [-0.39, 0.29) is 6.61 Å². The van der Waals surface area contributed by atoms with Crippen LogP contribution in [0.2, 0.25) is 0 Å². The van der Waals surface area contributed by atoms with E-state index >= 15 is 0 Å². The van der Waals surface area contributed by atoms with Gasteiger partial charge in [0.1, 0.15) is 6.61 Å². The first-order chi connectivity index (χ1) is 5.36. The average Bonchev–Trinajstić information content (AvgIpc) is 2.07. The number of nitrogens with zero attached hydrogens (tertiary/aromatic N) is 1. The van der Waals surface area contributed by atoms with Gasteiger partial charge in [0.05, 0.1) is 11.6 Å². The molecule has 0 radical (unpaired) electrons. The minimum absolute atomic E-state index is 0.158. The molecule has 0 fully saturated rings. The highest BCUT2D eigenvalue weighted by atomic mass is 17.1. The standard InChI is InChI=1S/C8H7NO2/c9-5-7-1-3-8(4-2-7)6-11-10/h1-4,10H,6H2. The maximum atomic E-state index is 8.43. The van der Waals surface area contributed by atoms with Crippen molar-refractivity contribution < 1.29 is 10.1 Å². The molecule has 0 bridgehead atoms. The largest absolute Gasteiger partial charge is 0.251 e. The third kappa shape index (κ3) is 2.04. The van der Waals surface area contributed by atoms with Crippen LogP contribution in [0.3, 0.4) is 0 Å². The SMILES string of the molecule is N#Cc1ccc(COO)cc1. The van der Waals surface area contributed by atoms with E-state index in [1.807, 2.05) is 6.07 Å². The van der Waals surface area contributed by atoms with Crippen LogP contribution >= 0.6 is 0 Å². The second-order valence-electron chi connectivity index (χ2n) is 2.08. The molecule has 1 aromatic carbocycles. The van der Waals surface area contributed by atoms with E-state index in [1.54, 1.807) is 24.3 Å². The van der Waals surface area contributed by atoms with Crippen LogP contribution in [0.15, 0.2) is 24.3 Å². The lowest BCUT2D eigenvalue weighted by Crippen LogP contribution is -1.86. The summed E-state index contributed by atoms with van der Waals surface area (Å²) in [6.07, 6.45) is 0. The molecule has 3 nitrogen and oxygen atoms in total. The van der Waals surface area contributed by atoms with Crippen molar-refractivity contribution in [2.75, 3.05) is 0 Å². The highest BCUT2D eigenvalue weighted by Gasteiger charge is 1.92. The second-order valence-corrected chi connectivity index (χ2v) is 2.08. The van der Waals surface area contributed by atoms with Gasteiger partial charge in [0.15, 0.2) is 0 Å². The topological polar surface area (TPSA) is 53.2 Å². The first-order valence-corrected chi connectivity index (χ1v) is 3.12. The second kappa shape index (κ2) is 3.71. The Bertz CT molecular complexity index is 260. The lowest BCUT2D eigenvalue weighted by molar-refractivity contribution is -0.253. The molecule has 1 aromatic rings. The van der Waals surface area contributed by atoms with Gasteiger partial charge in [0.25, 0.3) is 0 Å². The van der Waals surface area contributed by atoms with Crippen molar-refractivity contribution in [3.63, 3.8) is 0 Å². The van der Waals surface area contributed by atoms with Gasteiger partial charge in [-0.2, -0.15) is 5.26 Å². The minimum atomic E-state index is 0.158. The van der Waals surface area contributed by atoms with Crippen molar-refractivity contribution in [2.24, 2.45) is 0 Å². The maximum absolute atomic E-state index is 8.43. The lowest BCUT2D eigenvalue weighted by Gasteiger charge is -1.95. The van der Waals surface area contributed by atoms with E-state index in [4.69, 9.17) is 10.5 Å². The summed E-state index contributed by atoms with van der Waals surface area (Å²) in [6.45, 7) is 0.158. The molecular formula is C8H7NO2. The van der Waals surface area contributed by atoms with E-state index < -0.39 is 0 Å². The number of hydrogen-bond donors (Lipinski definition) is 1. The summed E-state index contributed by atoms with van der Waals surface area (Å²) < 4.78 is 0. The molecule has 0 unspecified atom stereocenters. The fourth-order valence-electron chi connectivity index (χ4n) is 0.750. The van der Waals surface area contributed by atoms with Crippen molar-refractivity contribution in [3.05, 3.63) is 35.4 Å². The Morgan fingerprint density at radius 2 is 2.00 bits per heavy atom. The molecule has 0 aliphatic carbocycles. The fraction of sp³-hybridized carbons (Fsp3) is 0.125. The fourth-order valence-corrected chi connectivity index (χ4v) is 0.750. The minimum Gasteiger partial charge on any atom is -0.251 e. The first-order valence-electron chi connectivity index (χ1n) is 3.12. The van der Waals surface area contributed by atoms with Crippen LogP contribution < -0.4 is 0 Å². The molecule has 56 valence electrons. The Labute approximate surface area is 64.4 Å². The zero-order chi connectivity index (χ0) is 8.10. The van der Waals surface area contributed by atoms with Gasteiger partial charge in [-0.05, 0) is 17.7 Å². The molecule has 1 rings (SSSR count). The van der Waals surface area contributed by atoms with Crippen LogP contribution in [-0.4, -0.2) is 5.26 Å². The van der Waals surface area contributed by atoms with E-state index in [0.29, 0.717) is 5.56 Å². The van der Waals surface area contributed by atoms with Gasteiger partial charge in [-0.25, -0.2) is 4.89 Å². The zero-order valence-electron chi connectivity index (χ0n) is 5.82. The summed E-state index contributed by atoms with van der Waals surface area (Å²) in [4.78, 5) is 3.92. The van der Waals surface area contributed by atoms with Gasteiger partial charge in [0, 0.05) is 0 Å². The van der Waals surface area contributed by atoms with Gasteiger partial charge < -0.3 is 0 Å². The molecular weight excluding hydrogens is 142 g/mol. The Morgan fingerprint density at radius 3 is 2.45 bits per heavy atom. The summed E-state index contributed by atoms with van der Waals surface area (Å²) in [7, 11) is 0. The smallest absolute Gasteiger partial charge is 0.107 e. The summed E-state index contributed by atoms with van der Waals surface area (Å²) in [5, 5.41) is 16.5. The molecule has 0 amide bonds. The summed E-state index contributed by atoms with van der Waals surface area (Å²) >= 11 is 0. The van der Waals surface area contributed by atoms with Crippen LogP contribution in [0, 0.1) is 11.3 Å². The number of hydrogen-bond acceptors (Lipinski definition) is 3. The van der Waals surface area contributed by atoms with E-state index in [2.05, 4.69) is 4.89 Å². The molecule has 0 atom stereocenters. The Balaban J connectivity index is 2.76. The van der Waals surface area contributed by atoms with Crippen LogP contribution in [0.25, 0.3) is 0 Å². The first kappa shape index (κ1) is 7.73. The van der Waals surface area contributed by atoms with Crippen molar-refractivity contribution in [1.29, 1.82) is 5.26 Å². The molecule has 3 heteroatoms. The van der Waals surface area contributed by atoms with Gasteiger partial charge in [-0.15, -0.1) is 0 Å². The van der Waals surface area contributed by atoms with E-state index in [9.17, 15) is 0 Å². The molecule has 0 aliphatic rings. The van der Waals surface area contributed by atoms with Gasteiger partial charge in [0.2, 0.25) is 0 Å². The highest BCUT2D eigenvalue weighted by Crippen LogP contribution is 2.03. The van der Waals surface area contributed by atoms with Gasteiger partial charge in [-0.1, -0.05) is 12.1 Å². The zero-order valence-corrected chi connectivity index (χ0v) is 5.82. The molecule has 1 N–H and O–H groups in total. The van der Waals surface area contributed by atoms with Crippen molar-refractivity contribution in [1.82, 2.24) is 0 Å². The van der Waals surface area contributed by atoms with Gasteiger partial charge >= 0.3 is 0 Å². The number of rotatable bonds is 2. The molecule has 0 aromatic heterocycles. The summed E-state index contributed by atoms with van der Waals surface area (Å²) in [6, 6.07) is 8.80. The quantitative estimate of drug-likeness (QED) is 0.512. The van der Waals surface area contributed by atoms with E-state index in [1.165, 1.54) is 0 Å². The van der Waals surface area contributed by atoms with Crippen molar-refractivity contribution >= 4 is 0 Å². The Morgan fingerprint density at radius 1 is 1.36 bits per heavy atom. The lowest BCUT2D eigenvalue weighted by atomic mass is 10.2. The molecule has 0 saturated carbocycles. The summed E-state index contributed by atoms with van der Waals surface area (Å²) in [5.74, 6) is 0. The van der Waals surface area contributed by atoms with Crippen molar-refractivity contribution in [3.8, 4) is 6.07 Å². The van der Waals surface area contributed by atoms with Crippen LogP contribution in [-0.2, 0) is 11.5 Å². The Kier molecular flexibility index (Phi) is 2.61. The van der Waals surface area contributed by atoms with Crippen molar-refractivity contribution in [2.45, 2.75) is 6.61 Å². The number of nitriles is 1. The molecule has 0 aliphatic heterocycles. The maximum Gasteiger partial charge on any atom is 0.107 e. The highest BCUT2D eigenvalue weighted by molar-refractivity contribution is 5.31. The van der Waals surface area contributed by atoms with Crippen LogP contribution in [0.1, 0.15) is 11.1 Å². The third-order valence-corrected chi connectivity index (χ3v) is 1.31. The Hall–Kier alpha value is -1.37. The van der Waals surface area contributed by atoms with E-state index in [0.717, 1.165) is 5.56 Å². The van der Waals surface area contributed by atoms with Crippen LogP contribution in [0.4, 0.5) is 0 Å². The predicted molar refractivity (Wildman–Crippen MR) is 38.6 cm³/mol. The molecule has 11 heavy (non-hydrogen) atoms. The molecule has 0 saturated heterocycles. The molecule has 0 heterocycles. The normalized spacial score (nSPS) is 9.09. The van der Waals surface area contributed by atoms with Gasteiger partial charge in [-0.3, -0.25) is 5.26 Å². The third-order valence-electron chi connectivity index (χ3n) is 1.31.